The number of aryl methyl sites for hydroxylation is 2. The number of nitrogens with one attached hydrogen (secondary N) is 1. The molecular formula is C23H20ClN3O2S. The Morgan fingerprint density at radius 1 is 1.17 bits per heavy atom. The van der Waals surface area contributed by atoms with Gasteiger partial charge in [0.15, 0.2) is 0 Å². The molecule has 30 heavy (non-hydrogen) atoms. The van der Waals surface area contributed by atoms with Crippen LogP contribution in [0, 0.1) is 13.8 Å². The van der Waals surface area contributed by atoms with Crippen molar-refractivity contribution < 1.29 is 4.79 Å². The van der Waals surface area contributed by atoms with Gasteiger partial charge in [-0.15, -0.1) is 11.3 Å². The molecule has 1 amide bonds. The molecule has 0 saturated carbocycles. The summed E-state index contributed by atoms with van der Waals surface area (Å²) in [6.07, 6.45) is 1.43. The Morgan fingerprint density at radius 2 is 1.93 bits per heavy atom. The van der Waals surface area contributed by atoms with Gasteiger partial charge in [0, 0.05) is 10.9 Å². The van der Waals surface area contributed by atoms with Gasteiger partial charge in [-0.1, -0.05) is 47.5 Å². The van der Waals surface area contributed by atoms with Crippen LogP contribution >= 0.6 is 22.9 Å². The molecule has 1 atom stereocenters. The van der Waals surface area contributed by atoms with E-state index in [2.05, 4.69) is 16.4 Å². The van der Waals surface area contributed by atoms with Crippen molar-refractivity contribution in [3.8, 4) is 11.1 Å². The van der Waals surface area contributed by atoms with Gasteiger partial charge in [0.25, 0.3) is 5.56 Å². The number of amides is 1. The largest absolute Gasteiger partial charge is 0.323 e. The number of aromatic nitrogens is 2. The zero-order valence-electron chi connectivity index (χ0n) is 16.8. The van der Waals surface area contributed by atoms with Gasteiger partial charge in [0.1, 0.15) is 10.9 Å². The molecule has 0 radical (unpaired) electrons. The van der Waals surface area contributed by atoms with Gasteiger partial charge in [0.2, 0.25) is 5.91 Å². The summed E-state index contributed by atoms with van der Waals surface area (Å²) in [6.45, 7) is 5.74. The summed E-state index contributed by atoms with van der Waals surface area (Å²) in [7, 11) is 0. The van der Waals surface area contributed by atoms with Crippen molar-refractivity contribution >= 4 is 44.7 Å². The molecule has 0 aliphatic carbocycles. The fourth-order valence-electron chi connectivity index (χ4n) is 3.46. The number of hydrogen-bond acceptors (Lipinski definition) is 4. The number of carbonyl (C=O) groups is 1. The fraction of sp³-hybridized carbons (Fsp3) is 0.174. The van der Waals surface area contributed by atoms with Crippen molar-refractivity contribution in [2.75, 3.05) is 5.32 Å². The summed E-state index contributed by atoms with van der Waals surface area (Å²) in [5.74, 6) is -0.338. The van der Waals surface area contributed by atoms with Crippen LogP contribution in [0.5, 0.6) is 0 Å². The Hall–Kier alpha value is -2.96. The topological polar surface area (TPSA) is 64.0 Å². The third kappa shape index (κ3) is 3.64. The van der Waals surface area contributed by atoms with Crippen LogP contribution in [0.3, 0.4) is 0 Å². The molecule has 2 aromatic heterocycles. The lowest BCUT2D eigenvalue weighted by Gasteiger charge is -2.16. The summed E-state index contributed by atoms with van der Waals surface area (Å²) in [5, 5.41) is 5.71. The van der Waals surface area contributed by atoms with Crippen molar-refractivity contribution in [1.29, 1.82) is 0 Å². The van der Waals surface area contributed by atoms with Gasteiger partial charge in [-0.05, 0) is 44.0 Å². The molecule has 1 unspecified atom stereocenters. The van der Waals surface area contributed by atoms with E-state index in [9.17, 15) is 9.59 Å². The highest BCUT2D eigenvalue weighted by Crippen LogP contribution is 2.33. The summed E-state index contributed by atoms with van der Waals surface area (Å²) in [4.78, 5) is 31.2. The molecule has 0 fully saturated rings. The number of carbonyl (C=O) groups excluding carboxylic acids is 1. The molecule has 4 aromatic rings. The first kappa shape index (κ1) is 20.3. The Morgan fingerprint density at radius 3 is 2.67 bits per heavy atom. The minimum absolute atomic E-state index is 0.238. The van der Waals surface area contributed by atoms with E-state index >= 15 is 0 Å². The third-order valence-electron chi connectivity index (χ3n) is 5.12. The fourth-order valence-corrected chi connectivity index (χ4v) is 4.54. The number of anilines is 1. The lowest BCUT2D eigenvalue weighted by molar-refractivity contribution is -0.118. The van der Waals surface area contributed by atoms with Crippen molar-refractivity contribution in [2.45, 2.75) is 26.8 Å². The van der Waals surface area contributed by atoms with Gasteiger partial charge in [-0.2, -0.15) is 0 Å². The molecule has 0 spiro atoms. The summed E-state index contributed by atoms with van der Waals surface area (Å²) in [5.41, 5.74) is 4.36. The number of benzene rings is 2. The predicted octanol–water partition coefficient (Wildman–Crippen LogP) is 5.59. The van der Waals surface area contributed by atoms with Gasteiger partial charge >= 0.3 is 0 Å². The van der Waals surface area contributed by atoms with E-state index in [0.717, 1.165) is 22.3 Å². The first-order valence-electron chi connectivity index (χ1n) is 9.48. The number of rotatable bonds is 4. The number of halogens is 1. The lowest BCUT2D eigenvalue weighted by Crippen LogP contribution is -2.31. The van der Waals surface area contributed by atoms with Gasteiger partial charge < -0.3 is 5.32 Å². The summed E-state index contributed by atoms with van der Waals surface area (Å²) in [6, 6.07) is 12.4. The van der Waals surface area contributed by atoms with Crippen molar-refractivity contribution in [3.63, 3.8) is 0 Å². The number of para-hydroxylation sites is 1. The van der Waals surface area contributed by atoms with E-state index in [4.69, 9.17) is 11.6 Å². The van der Waals surface area contributed by atoms with Crippen LogP contribution in [0.1, 0.15) is 24.1 Å². The maximum atomic E-state index is 13.4. The second-order valence-electron chi connectivity index (χ2n) is 7.25. The lowest BCUT2D eigenvalue weighted by atomic mass is 9.99. The first-order chi connectivity index (χ1) is 14.4. The van der Waals surface area contributed by atoms with Crippen molar-refractivity contribution in [1.82, 2.24) is 9.55 Å². The van der Waals surface area contributed by atoms with E-state index in [0.29, 0.717) is 20.9 Å². The standard InChI is InChI=1S/C23H20ClN3O2S/c1-13-8-9-16(14(2)10-13)17-11-30-22-20(17)23(29)27(12-25-22)15(3)21(28)26-19-7-5-4-6-18(19)24/h4-12,15H,1-3H3,(H,26,28). The number of nitrogens with zero attached hydrogens (tertiary/aromatic N) is 2. The molecule has 0 aliphatic heterocycles. The maximum Gasteiger partial charge on any atom is 0.263 e. The van der Waals surface area contributed by atoms with Crippen LogP contribution in [0.2, 0.25) is 5.02 Å². The average molecular weight is 438 g/mol. The minimum atomic E-state index is -0.752. The molecule has 5 nitrogen and oxygen atoms in total. The van der Waals surface area contributed by atoms with Gasteiger partial charge in [-0.3, -0.25) is 14.2 Å². The number of hydrogen-bond donors (Lipinski definition) is 1. The third-order valence-corrected chi connectivity index (χ3v) is 6.34. The Labute approximate surface area is 183 Å². The SMILES string of the molecule is Cc1ccc(-c2csc3ncn(C(C)C(=O)Nc4ccccc4Cl)c(=O)c23)c(C)c1. The summed E-state index contributed by atoms with van der Waals surface area (Å²) >= 11 is 7.56. The van der Waals surface area contributed by atoms with Crippen LogP contribution in [0.25, 0.3) is 21.3 Å². The normalized spacial score (nSPS) is 12.1. The monoisotopic (exact) mass is 437 g/mol. The molecule has 4 rings (SSSR count). The number of thiophene rings is 1. The molecule has 2 heterocycles. The minimum Gasteiger partial charge on any atom is -0.323 e. The van der Waals surface area contributed by atoms with Gasteiger partial charge in [0.05, 0.1) is 22.4 Å². The molecular weight excluding hydrogens is 418 g/mol. The van der Waals surface area contributed by atoms with E-state index < -0.39 is 6.04 Å². The highest BCUT2D eigenvalue weighted by atomic mass is 35.5. The van der Waals surface area contributed by atoms with Crippen LogP contribution in [0.4, 0.5) is 5.69 Å². The molecule has 0 aliphatic rings. The van der Waals surface area contributed by atoms with Crippen LogP contribution in [-0.2, 0) is 4.79 Å². The predicted molar refractivity (Wildman–Crippen MR) is 124 cm³/mol. The average Bonchev–Trinajstić information content (AvgIpc) is 3.14. The number of fused-ring (bicyclic) bond motifs is 1. The molecule has 0 bridgehead atoms. The Kier molecular flexibility index (Phi) is 5.45. The maximum absolute atomic E-state index is 13.4. The highest BCUT2D eigenvalue weighted by molar-refractivity contribution is 7.17. The van der Waals surface area contributed by atoms with Crippen molar-refractivity contribution in [3.05, 3.63) is 80.7 Å². The molecule has 2 aromatic carbocycles. The second kappa shape index (κ2) is 8.05. The Bertz CT molecular complexity index is 1330. The quantitative estimate of drug-likeness (QED) is 0.452. The summed E-state index contributed by atoms with van der Waals surface area (Å²) < 4.78 is 1.37. The van der Waals surface area contributed by atoms with E-state index in [1.165, 1.54) is 22.2 Å². The highest BCUT2D eigenvalue weighted by Gasteiger charge is 2.21. The zero-order valence-corrected chi connectivity index (χ0v) is 18.3. The Balaban J connectivity index is 1.75. The van der Waals surface area contributed by atoms with Crippen LogP contribution in [-0.4, -0.2) is 15.5 Å². The first-order valence-corrected chi connectivity index (χ1v) is 10.7. The second-order valence-corrected chi connectivity index (χ2v) is 8.52. The van der Waals surface area contributed by atoms with Crippen molar-refractivity contribution in [2.24, 2.45) is 0 Å². The van der Waals surface area contributed by atoms with Gasteiger partial charge in [-0.25, -0.2) is 4.98 Å². The van der Waals surface area contributed by atoms with Crippen LogP contribution < -0.4 is 10.9 Å². The molecule has 1 N–H and O–H groups in total. The van der Waals surface area contributed by atoms with E-state index in [1.807, 2.05) is 31.4 Å². The molecule has 152 valence electrons. The van der Waals surface area contributed by atoms with E-state index in [-0.39, 0.29) is 11.5 Å². The smallest absolute Gasteiger partial charge is 0.263 e. The molecule has 0 saturated heterocycles. The van der Waals surface area contributed by atoms with Crippen LogP contribution in [0.15, 0.2) is 59.0 Å². The van der Waals surface area contributed by atoms with E-state index in [1.54, 1.807) is 31.2 Å². The zero-order chi connectivity index (χ0) is 21.4. The molecule has 7 heteroatoms.